The summed E-state index contributed by atoms with van der Waals surface area (Å²) in [5.74, 6) is 1.21. The van der Waals surface area contributed by atoms with Gasteiger partial charge < -0.3 is 14.5 Å². The second kappa shape index (κ2) is 7.01. The highest BCUT2D eigenvalue weighted by Gasteiger charge is 2.53. The summed E-state index contributed by atoms with van der Waals surface area (Å²) in [7, 11) is 0. The molecule has 27 heavy (non-hydrogen) atoms. The number of tetrazole rings is 1. The molecule has 2 fully saturated rings. The fourth-order valence-corrected chi connectivity index (χ4v) is 4.43. The lowest BCUT2D eigenvalue weighted by Gasteiger charge is -2.27. The van der Waals surface area contributed by atoms with E-state index >= 15 is 0 Å². The van der Waals surface area contributed by atoms with Crippen LogP contribution in [0.4, 0.5) is 0 Å². The van der Waals surface area contributed by atoms with E-state index in [1.54, 1.807) is 4.68 Å². The maximum Gasteiger partial charge on any atom is 0.224 e. The molecule has 0 radical (unpaired) electrons. The molecule has 0 aliphatic carbocycles. The Labute approximate surface area is 157 Å². The molecule has 4 heterocycles. The zero-order chi connectivity index (χ0) is 19.0. The number of rotatable bonds is 6. The Morgan fingerprint density at radius 1 is 1.37 bits per heavy atom. The van der Waals surface area contributed by atoms with Crippen LogP contribution in [0, 0.1) is 25.2 Å². The normalized spacial score (nSPS) is 25.3. The Morgan fingerprint density at radius 3 is 2.85 bits per heavy atom. The first-order valence-corrected chi connectivity index (χ1v) is 9.24. The number of nitrogens with zero attached hydrogens (tertiary/aromatic N) is 7. The first kappa shape index (κ1) is 18.1. The summed E-state index contributed by atoms with van der Waals surface area (Å²) in [6.45, 7) is 8.13. The fraction of sp³-hybridized carbons (Fsp3) is 0.706. The van der Waals surface area contributed by atoms with Crippen molar-refractivity contribution in [3.8, 4) is 0 Å². The van der Waals surface area contributed by atoms with Crippen molar-refractivity contribution in [2.75, 3.05) is 32.8 Å². The van der Waals surface area contributed by atoms with Gasteiger partial charge in [-0.25, -0.2) is 4.68 Å². The van der Waals surface area contributed by atoms with Gasteiger partial charge in [0.1, 0.15) is 12.1 Å². The van der Waals surface area contributed by atoms with Crippen LogP contribution in [0.5, 0.6) is 0 Å². The zero-order valence-corrected chi connectivity index (χ0v) is 15.7. The van der Waals surface area contributed by atoms with Crippen LogP contribution in [-0.2, 0) is 17.9 Å². The van der Waals surface area contributed by atoms with Crippen molar-refractivity contribution in [1.82, 2.24) is 35.2 Å². The lowest BCUT2D eigenvalue weighted by atomic mass is 9.82. The van der Waals surface area contributed by atoms with Crippen LogP contribution in [0.25, 0.3) is 0 Å². The topological polar surface area (TPSA) is 113 Å². The molecule has 0 saturated carbocycles. The van der Waals surface area contributed by atoms with Crippen molar-refractivity contribution in [2.45, 2.75) is 33.4 Å². The summed E-state index contributed by atoms with van der Waals surface area (Å²) < 4.78 is 6.82. The minimum absolute atomic E-state index is 0.0880. The minimum Gasteiger partial charge on any atom is -0.396 e. The van der Waals surface area contributed by atoms with Crippen LogP contribution >= 0.6 is 0 Å². The number of aliphatic hydroxyl groups is 1. The third-order valence-corrected chi connectivity index (χ3v) is 6.01. The van der Waals surface area contributed by atoms with E-state index in [-0.39, 0.29) is 23.8 Å². The number of aliphatic hydroxyl groups excluding tert-OH is 1. The van der Waals surface area contributed by atoms with Crippen molar-refractivity contribution in [3.63, 3.8) is 0 Å². The third kappa shape index (κ3) is 3.34. The first-order chi connectivity index (χ1) is 13.0. The number of likely N-dealkylation sites (tertiary alicyclic amines) is 2. The summed E-state index contributed by atoms with van der Waals surface area (Å²) in [6.07, 6.45) is 1.87. The molecule has 2 aliphatic rings. The summed E-state index contributed by atoms with van der Waals surface area (Å²) in [5.41, 5.74) is 1.79. The molecule has 2 aromatic heterocycles. The van der Waals surface area contributed by atoms with Gasteiger partial charge in [-0.05, 0) is 30.2 Å². The molecule has 146 valence electrons. The number of hydrogen-bond donors (Lipinski definition) is 1. The van der Waals surface area contributed by atoms with Gasteiger partial charge in [0.05, 0.1) is 18.8 Å². The van der Waals surface area contributed by atoms with Crippen LogP contribution in [0.3, 0.4) is 0 Å². The van der Waals surface area contributed by atoms with Crippen molar-refractivity contribution < 1.29 is 14.4 Å². The Balaban J connectivity index is 1.37. The van der Waals surface area contributed by atoms with Gasteiger partial charge in [0.25, 0.3) is 0 Å². The van der Waals surface area contributed by atoms with Gasteiger partial charge in [0.2, 0.25) is 5.91 Å². The molecule has 0 spiro atoms. The number of aromatic nitrogens is 5. The maximum atomic E-state index is 12.6. The Kier molecular flexibility index (Phi) is 4.68. The third-order valence-electron chi connectivity index (χ3n) is 6.01. The van der Waals surface area contributed by atoms with Gasteiger partial charge in [0.15, 0.2) is 0 Å². The van der Waals surface area contributed by atoms with Crippen LogP contribution in [0.1, 0.15) is 23.4 Å². The molecule has 2 aromatic rings. The fourth-order valence-electron chi connectivity index (χ4n) is 4.43. The second-order valence-electron chi connectivity index (χ2n) is 7.79. The van der Waals surface area contributed by atoms with E-state index < -0.39 is 0 Å². The van der Waals surface area contributed by atoms with E-state index in [2.05, 4.69) is 25.6 Å². The predicted molar refractivity (Wildman–Crippen MR) is 93.3 cm³/mol. The molecule has 4 rings (SSSR count). The highest BCUT2D eigenvalue weighted by molar-refractivity contribution is 5.76. The van der Waals surface area contributed by atoms with Gasteiger partial charge in [0, 0.05) is 50.1 Å². The number of amides is 1. The highest BCUT2D eigenvalue weighted by Crippen LogP contribution is 2.43. The van der Waals surface area contributed by atoms with E-state index in [9.17, 15) is 9.90 Å². The molecule has 10 nitrogen and oxygen atoms in total. The van der Waals surface area contributed by atoms with Crippen molar-refractivity contribution >= 4 is 5.91 Å². The lowest BCUT2D eigenvalue weighted by molar-refractivity contribution is -0.131. The molecular formula is C17H25N7O3. The summed E-state index contributed by atoms with van der Waals surface area (Å²) >= 11 is 0. The maximum absolute atomic E-state index is 12.6. The SMILES string of the molecule is Cc1noc(C)c1CN1CC2CN(C(=O)CCn3cnnn3)CC2(CO)C1. The molecule has 0 aromatic carbocycles. The number of aryl methyl sites for hydroxylation is 3. The standard InChI is InChI=1S/C17H25N7O3/c1-12-15(13(2)27-19-12)7-22-5-14-6-23(9-17(14,8-22)10-25)16(26)3-4-24-11-18-20-21-24/h11,14,25H,3-10H2,1-2H3. The number of carbonyl (C=O) groups excluding carboxylic acids is 1. The van der Waals surface area contributed by atoms with E-state index in [1.165, 1.54) is 6.33 Å². The van der Waals surface area contributed by atoms with Gasteiger partial charge >= 0.3 is 0 Å². The number of carbonyl (C=O) groups is 1. The average molecular weight is 375 g/mol. The van der Waals surface area contributed by atoms with E-state index in [0.29, 0.717) is 26.1 Å². The van der Waals surface area contributed by atoms with E-state index in [1.807, 2.05) is 18.7 Å². The van der Waals surface area contributed by atoms with Crippen molar-refractivity contribution in [1.29, 1.82) is 0 Å². The lowest BCUT2D eigenvalue weighted by Crippen LogP contribution is -2.39. The summed E-state index contributed by atoms with van der Waals surface area (Å²) in [6, 6.07) is 0. The van der Waals surface area contributed by atoms with Crippen molar-refractivity contribution in [3.05, 3.63) is 23.3 Å². The number of hydrogen-bond acceptors (Lipinski definition) is 8. The van der Waals surface area contributed by atoms with Crippen LogP contribution in [0.15, 0.2) is 10.9 Å². The number of fused-ring (bicyclic) bond motifs is 1. The molecular weight excluding hydrogens is 350 g/mol. The van der Waals surface area contributed by atoms with Crippen LogP contribution in [-0.4, -0.2) is 79.0 Å². The molecule has 10 heteroatoms. The molecule has 2 saturated heterocycles. The molecule has 2 aliphatic heterocycles. The van der Waals surface area contributed by atoms with E-state index in [0.717, 1.165) is 36.7 Å². The largest absolute Gasteiger partial charge is 0.396 e. The monoisotopic (exact) mass is 375 g/mol. The zero-order valence-electron chi connectivity index (χ0n) is 15.7. The smallest absolute Gasteiger partial charge is 0.224 e. The van der Waals surface area contributed by atoms with Gasteiger partial charge in [-0.15, -0.1) is 5.10 Å². The van der Waals surface area contributed by atoms with Crippen molar-refractivity contribution in [2.24, 2.45) is 11.3 Å². The van der Waals surface area contributed by atoms with Gasteiger partial charge in [-0.3, -0.25) is 9.69 Å². The Hall–Kier alpha value is -2.33. The predicted octanol–water partition coefficient (Wildman–Crippen LogP) is -0.379. The Morgan fingerprint density at radius 2 is 2.22 bits per heavy atom. The van der Waals surface area contributed by atoms with Crippen LogP contribution in [0.2, 0.25) is 0 Å². The molecule has 0 bridgehead atoms. The highest BCUT2D eigenvalue weighted by atomic mass is 16.5. The summed E-state index contributed by atoms with van der Waals surface area (Å²) in [4.78, 5) is 16.8. The van der Waals surface area contributed by atoms with E-state index in [4.69, 9.17) is 4.52 Å². The average Bonchev–Trinajstić information content (AvgIpc) is 3.40. The Bertz CT molecular complexity index is 786. The van der Waals surface area contributed by atoms with Crippen LogP contribution < -0.4 is 0 Å². The molecule has 2 atom stereocenters. The summed E-state index contributed by atoms with van der Waals surface area (Å²) in [5, 5.41) is 25.1. The van der Waals surface area contributed by atoms with Gasteiger partial charge in [-0.1, -0.05) is 5.16 Å². The molecule has 1 amide bonds. The van der Waals surface area contributed by atoms with Gasteiger partial charge in [-0.2, -0.15) is 0 Å². The first-order valence-electron chi connectivity index (χ1n) is 9.24. The second-order valence-corrected chi connectivity index (χ2v) is 7.79. The minimum atomic E-state index is -0.247. The molecule has 1 N–H and O–H groups in total. The molecule has 2 unspecified atom stereocenters. The quantitative estimate of drug-likeness (QED) is 0.727.